The maximum absolute atomic E-state index is 8.56. The summed E-state index contributed by atoms with van der Waals surface area (Å²) in [5, 5.41) is 13.9. The summed E-state index contributed by atoms with van der Waals surface area (Å²) >= 11 is 0. The molecule has 0 aromatic carbocycles. The van der Waals surface area contributed by atoms with E-state index < -0.39 is 6.16 Å². The van der Waals surface area contributed by atoms with Gasteiger partial charge < -0.3 is 13.1 Å². The standard InChI is InChI=1S/CH2O3.Ca.Gd.2H/c2-1(3)4;;;;/h(H2,2,3,4);;;;/q;+2;;2*-1. The number of carbonyl (C=O) groups is 1. The predicted octanol–water partition coefficient (Wildman–Crippen LogP) is 0.0666. The van der Waals surface area contributed by atoms with Crippen molar-refractivity contribution in [3.05, 3.63) is 0 Å². The largest absolute Gasteiger partial charge is 2.00 e. The van der Waals surface area contributed by atoms with Gasteiger partial charge in [-0.1, -0.05) is 0 Å². The summed E-state index contributed by atoms with van der Waals surface area (Å²) < 4.78 is 0. The van der Waals surface area contributed by atoms with Crippen LogP contribution in [0, 0.1) is 39.9 Å². The van der Waals surface area contributed by atoms with Crippen molar-refractivity contribution < 1.29 is 57.8 Å². The molecule has 5 heteroatoms. The number of hydrogen-bond acceptors (Lipinski definition) is 1. The van der Waals surface area contributed by atoms with Gasteiger partial charge in [-0.25, -0.2) is 4.79 Å². The molecule has 0 saturated carbocycles. The van der Waals surface area contributed by atoms with Gasteiger partial charge in [0.25, 0.3) is 0 Å². The van der Waals surface area contributed by atoms with Gasteiger partial charge in [-0.2, -0.15) is 0 Å². The Hall–Kier alpha value is 1.85. The Bertz CT molecular complexity index is 40.3. The normalized spacial score (nSPS) is 4.00. The molecule has 0 atom stereocenters. The molecule has 3 nitrogen and oxygen atoms in total. The second-order valence-electron chi connectivity index (χ2n) is 0.283. The van der Waals surface area contributed by atoms with Crippen molar-refractivity contribution in [2.75, 3.05) is 0 Å². The van der Waals surface area contributed by atoms with Crippen molar-refractivity contribution in [2.45, 2.75) is 0 Å². The Balaban J connectivity index is -0.00000000750. The van der Waals surface area contributed by atoms with Crippen LogP contribution in [0.25, 0.3) is 0 Å². The average Bonchev–Trinajstić information content (AvgIpc) is 0.811. The molecule has 0 amide bonds. The molecule has 0 unspecified atom stereocenters. The summed E-state index contributed by atoms with van der Waals surface area (Å²) in [5.41, 5.74) is 0. The van der Waals surface area contributed by atoms with E-state index in [1.165, 1.54) is 0 Å². The van der Waals surface area contributed by atoms with Crippen LogP contribution >= 0.6 is 0 Å². The summed E-state index contributed by atoms with van der Waals surface area (Å²) in [6.45, 7) is 0. The molecular weight excluding hydrogens is 257 g/mol. The Morgan fingerprint density at radius 2 is 1.50 bits per heavy atom. The zero-order valence-electron chi connectivity index (χ0n) is 4.86. The molecule has 0 saturated heterocycles. The molecule has 0 radical (unpaired) electrons. The molecule has 2 N–H and O–H groups in total. The Kier molecular flexibility index (Phi) is 26.0. The van der Waals surface area contributed by atoms with Crippen LogP contribution < -0.4 is 0 Å². The van der Waals surface area contributed by atoms with E-state index in [-0.39, 0.29) is 80.5 Å². The summed E-state index contributed by atoms with van der Waals surface area (Å²) in [7, 11) is 0. The second-order valence-corrected chi connectivity index (χ2v) is 0.283. The first kappa shape index (κ1) is 15.7. The quantitative estimate of drug-likeness (QED) is 0.607. The van der Waals surface area contributed by atoms with Crippen molar-refractivity contribution in [3.63, 3.8) is 0 Å². The second kappa shape index (κ2) is 9.97. The fourth-order valence-electron chi connectivity index (χ4n) is 0. The van der Waals surface area contributed by atoms with Crippen LogP contribution in [0.2, 0.25) is 0 Å². The van der Waals surface area contributed by atoms with Crippen LogP contribution in [0.5, 0.6) is 0 Å². The summed E-state index contributed by atoms with van der Waals surface area (Å²) in [5.74, 6) is 0. The van der Waals surface area contributed by atoms with Crippen molar-refractivity contribution in [1.29, 1.82) is 0 Å². The SMILES string of the molecule is O=C(O)O.[Ca+2].[Gd].[H-].[H-]. The van der Waals surface area contributed by atoms with Gasteiger partial charge in [-0.3, -0.25) is 0 Å². The van der Waals surface area contributed by atoms with E-state index in [0.717, 1.165) is 0 Å². The van der Waals surface area contributed by atoms with E-state index in [4.69, 9.17) is 15.0 Å². The Morgan fingerprint density at radius 1 is 1.50 bits per heavy atom. The molecule has 0 aromatic heterocycles. The fourth-order valence-corrected chi connectivity index (χ4v) is 0. The first-order chi connectivity index (χ1) is 1.73. The Labute approximate surface area is 99.8 Å². The van der Waals surface area contributed by atoms with Gasteiger partial charge in [0.15, 0.2) is 0 Å². The van der Waals surface area contributed by atoms with Crippen LogP contribution in [0.3, 0.4) is 0 Å². The average molecular weight is 261 g/mol. The topological polar surface area (TPSA) is 57.5 Å². The zero-order valence-corrected chi connectivity index (χ0v) is 7.34. The van der Waals surface area contributed by atoms with Gasteiger partial charge in [0.05, 0.1) is 0 Å². The number of carboxylic acid groups (broad SMARTS) is 2. The van der Waals surface area contributed by atoms with Crippen molar-refractivity contribution >= 4 is 43.9 Å². The summed E-state index contributed by atoms with van der Waals surface area (Å²) in [6, 6.07) is 0. The van der Waals surface area contributed by atoms with Gasteiger partial charge in [0.2, 0.25) is 0 Å². The maximum Gasteiger partial charge on any atom is 2.00 e. The van der Waals surface area contributed by atoms with E-state index in [1.807, 2.05) is 0 Å². The van der Waals surface area contributed by atoms with E-state index in [0.29, 0.717) is 0 Å². The van der Waals surface area contributed by atoms with Crippen molar-refractivity contribution in [3.8, 4) is 0 Å². The molecule has 6 heavy (non-hydrogen) atoms. The molecule has 0 aliphatic heterocycles. The van der Waals surface area contributed by atoms with E-state index >= 15 is 0 Å². The summed E-state index contributed by atoms with van der Waals surface area (Å²) in [6.07, 6.45) is -1.83. The van der Waals surface area contributed by atoms with Gasteiger partial charge in [0, 0.05) is 39.9 Å². The van der Waals surface area contributed by atoms with Gasteiger partial charge in [0.1, 0.15) is 0 Å². The van der Waals surface area contributed by atoms with Gasteiger partial charge in [-0.15, -0.1) is 0 Å². The minimum absolute atomic E-state index is 0. The van der Waals surface area contributed by atoms with Crippen molar-refractivity contribution in [1.82, 2.24) is 0 Å². The third-order valence-corrected chi connectivity index (χ3v) is 0. The first-order valence-electron chi connectivity index (χ1n) is 0.651. The smallest absolute Gasteiger partial charge is 1.00 e. The molecule has 0 bridgehead atoms. The Morgan fingerprint density at radius 3 is 1.50 bits per heavy atom. The molecule has 0 rings (SSSR count). The van der Waals surface area contributed by atoms with Gasteiger partial charge in [-0.05, 0) is 0 Å². The maximum atomic E-state index is 8.56. The van der Waals surface area contributed by atoms with Crippen molar-refractivity contribution in [2.24, 2.45) is 0 Å². The van der Waals surface area contributed by atoms with Crippen LogP contribution in [-0.2, 0) is 0 Å². The molecule has 0 spiro atoms. The molecule has 0 aromatic rings. The third kappa shape index (κ3) is 40.1. The summed E-state index contributed by atoms with van der Waals surface area (Å²) in [4.78, 5) is 8.56. The molecule has 36 valence electrons. The molecule has 0 fully saturated rings. The molecule has 0 heterocycles. The van der Waals surface area contributed by atoms with E-state index in [2.05, 4.69) is 0 Å². The monoisotopic (exact) mass is 262 g/mol. The van der Waals surface area contributed by atoms with Crippen LogP contribution in [0.1, 0.15) is 2.85 Å². The fraction of sp³-hybridized carbons (Fsp3) is 0. The molecule has 0 aliphatic rings. The third-order valence-electron chi connectivity index (χ3n) is 0. The van der Waals surface area contributed by atoms with Crippen LogP contribution in [-0.4, -0.2) is 54.1 Å². The van der Waals surface area contributed by atoms with E-state index in [1.54, 1.807) is 0 Å². The first-order valence-corrected chi connectivity index (χ1v) is 0.651. The minimum atomic E-state index is -1.83. The molecular formula is CH4CaGdO3. The predicted molar refractivity (Wildman–Crippen MR) is 18.6 cm³/mol. The minimum Gasteiger partial charge on any atom is -1.00 e. The molecule has 0 aliphatic carbocycles. The van der Waals surface area contributed by atoms with Gasteiger partial charge >= 0.3 is 43.9 Å². The number of hydrogen-bond donors (Lipinski definition) is 2. The van der Waals surface area contributed by atoms with Crippen LogP contribution in [0.4, 0.5) is 4.79 Å². The van der Waals surface area contributed by atoms with E-state index in [9.17, 15) is 0 Å². The zero-order chi connectivity index (χ0) is 3.58. The number of rotatable bonds is 0. The van der Waals surface area contributed by atoms with Crippen LogP contribution in [0.15, 0.2) is 0 Å².